The summed E-state index contributed by atoms with van der Waals surface area (Å²) in [5, 5.41) is 1.20. The molecule has 0 unspecified atom stereocenters. The number of pyridine rings is 1. The molecular formula is C23H21FN2. The Hall–Kier alpha value is -2.94. The lowest BCUT2D eigenvalue weighted by Crippen LogP contribution is -1.93. The van der Waals surface area contributed by atoms with Gasteiger partial charge < -0.3 is 4.57 Å². The van der Waals surface area contributed by atoms with Gasteiger partial charge in [-0.15, -0.1) is 0 Å². The lowest BCUT2D eigenvalue weighted by molar-refractivity contribution is 0.462. The van der Waals surface area contributed by atoms with Crippen molar-refractivity contribution in [3.63, 3.8) is 0 Å². The Labute approximate surface area is 152 Å². The predicted molar refractivity (Wildman–Crippen MR) is 105 cm³/mol. The van der Waals surface area contributed by atoms with E-state index in [0.29, 0.717) is 6.42 Å². The normalized spacial score (nSPS) is 11.1. The molecule has 4 rings (SSSR count). The molecule has 2 aromatic heterocycles. The molecule has 0 aliphatic rings. The van der Waals surface area contributed by atoms with E-state index in [1.54, 1.807) is 6.20 Å². The Kier molecular flexibility index (Phi) is 4.78. The number of halogens is 1. The van der Waals surface area contributed by atoms with Gasteiger partial charge in [-0.3, -0.25) is 9.37 Å². The van der Waals surface area contributed by atoms with Gasteiger partial charge in [0.05, 0.1) is 24.1 Å². The van der Waals surface area contributed by atoms with Crippen molar-refractivity contribution in [2.75, 3.05) is 6.67 Å². The Morgan fingerprint density at radius 3 is 2.69 bits per heavy atom. The van der Waals surface area contributed by atoms with Crippen molar-refractivity contribution in [1.82, 2.24) is 9.55 Å². The molecule has 2 nitrogen and oxygen atoms in total. The van der Waals surface area contributed by atoms with Gasteiger partial charge in [-0.1, -0.05) is 30.3 Å². The molecule has 0 radical (unpaired) electrons. The summed E-state index contributed by atoms with van der Waals surface area (Å²) in [6.07, 6.45) is 8.16. The predicted octanol–water partition coefficient (Wildman–Crippen LogP) is 5.98. The highest BCUT2D eigenvalue weighted by Gasteiger charge is 2.08. The largest absolute Gasteiger partial charge is 0.315 e. The van der Waals surface area contributed by atoms with E-state index in [1.807, 2.05) is 12.3 Å². The van der Waals surface area contributed by atoms with Crippen LogP contribution in [0.5, 0.6) is 0 Å². The summed E-state index contributed by atoms with van der Waals surface area (Å²) in [5.41, 5.74) is 5.95. The minimum Gasteiger partial charge on any atom is -0.315 e. The lowest BCUT2D eigenvalue weighted by atomic mass is 9.95. The fourth-order valence-electron chi connectivity index (χ4n) is 3.46. The Morgan fingerprint density at radius 2 is 1.85 bits per heavy atom. The maximum atomic E-state index is 12.4. The maximum Gasteiger partial charge on any atom is 0.0894 e. The van der Waals surface area contributed by atoms with Crippen molar-refractivity contribution in [3.8, 4) is 16.8 Å². The van der Waals surface area contributed by atoms with Crippen molar-refractivity contribution >= 4 is 10.9 Å². The molecule has 2 aromatic carbocycles. The van der Waals surface area contributed by atoms with Crippen molar-refractivity contribution in [2.24, 2.45) is 0 Å². The Morgan fingerprint density at radius 1 is 0.923 bits per heavy atom. The first-order valence-corrected chi connectivity index (χ1v) is 9.02. The zero-order valence-corrected chi connectivity index (χ0v) is 14.6. The molecule has 26 heavy (non-hydrogen) atoms. The number of hydrogen-bond donors (Lipinski definition) is 0. The number of unbranched alkanes of at least 4 members (excludes halogenated alkanes) is 1. The summed E-state index contributed by atoms with van der Waals surface area (Å²) in [7, 11) is 0. The SMILES string of the molecule is FCCCCc1ccccc1-c1ccc2c(ccn2-c2cccnc2)c1. The first kappa shape index (κ1) is 16.5. The second-order valence-electron chi connectivity index (χ2n) is 6.47. The average Bonchev–Trinajstić information content (AvgIpc) is 3.12. The van der Waals surface area contributed by atoms with Crippen LogP contribution in [0.2, 0.25) is 0 Å². The topological polar surface area (TPSA) is 17.8 Å². The molecule has 3 heteroatoms. The van der Waals surface area contributed by atoms with E-state index in [-0.39, 0.29) is 6.67 Å². The van der Waals surface area contributed by atoms with Gasteiger partial charge in [-0.05, 0) is 66.3 Å². The van der Waals surface area contributed by atoms with Crippen LogP contribution in [-0.4, -0.2) is 16.2 Å². The third-order valence-electron chi connectivity index (χ3n) is 4.77. The third kappa shape index (κ3) is 3.25. The summed E-state index contributed by atoms with van der Waals surface area (Å²) in [6.45, 7) is -0.240. The molecule has 0 saturated heterocycles. The van der Waals surface area contributed by atoms with Gasteiger partial charge in [-0.2, -0.15) is 0 Å². The molecule has 4 aromatic rings. The molecule has 130 valence electrons. The highest BCUT2D eigenvalue weighted by atomic mass is 19.1. The molecular weight excluding hydrogens is 323 g/mol. The van der Waals surface area contributed by atoms with Gasteiger partial charge in [0.2, 0.25) is 0 Å². The first-order valence-electron chi connectivity index (χ1n) is 9.02. The van der Waals surface area contributed by atoms with Gasteiger partial charge in [0.1, 0.15) is 0 Å². The fourth-order valence-corrected chi connectivity index (χ4v) is 3.46. The summed E-state index contributed by atoms with van der Waals surface area (Å²) in [6, 6.07) is 21.1. The van der Waals surface area contributed by atoms with Crippen molar-refractivity contribution in [2.45, 2.75) is 19.3 Å². The molecule has 0 aliphatic carbocycles. The van der Waals surface area contributed by atoms with Crippen LogP contribution in [0.3, 0.4) is 0 Å². The van der Waals surface area contributed by atoms with Gasteiger partial charge in [-0.25, -0.2) is 0 Å². The summed E-state index contributed by atoms with van der Waals surface area (Å²) in [4.78, 5) is 4.21. The minimum absolute atomic E-state index is 0.240. The van der Waals surface area contributed by atoms with Crippen LogP contribution in [-0.2, 0) is 6.42 Å². The first-order chi connectivity index (χ1) is 12.9. The second-order valence-corrected chi connectivity index (χ2v) is 6.47. The van der Waals surface area contributed by atoms with Gasteiger partial charge in [0.15, 0.2) is 0 Å². The molecule has 0 bridgehead atoms. The monoisotopic (exact) mass is 344 g/mol. The molecule has 0 amide bonds. The number of alkyl halides is 1. The molecule has 2 heterocycles. The molecule has 0 fully saturated rings. The zero-order valence-electron chi connectivity index (χ0n) is 14.6. The number of aryl methyl sites for hydroxylation is 1. The van der Waals surface area contributed by atoms with Crippen molar-refractivity contribution in [3.05, 3.63) is 84.8 Å². The smallest absolute Gasteiger partial charge is 0.0894 e. The van der Waals surface area contributed by atoms with Gasteiger partial charge in [0, 0.05) is 17.8 Å². The van der Waals surface area contributed by atoms with Gasteiger partial charge >= 0.3 is 0 Å². The molecule has 0 spiro atoms. The molecule has 0 N–H and O–H groups in total. The fraction of sp³-hybridized carbons (Fsp3) is 0.174. The maximum absolute atomic E-state index is 12.4. The summed E-state index contributed by atoms with van der Waals surface area (Å²) < 4.78 is 14.6. The van der Waals surface area contributed by atoms with Crippen LogP contribution in [0.15, 0.2) is 79.3 Å². The van der Waals surface area contributed by atoms with Gasteiger partial charge in [0.25, 0.3) is 0 Å². The number of benzene rings is 2. The second kappa shape index (κ2) is 7.52. The zero-order chi connectivity index (χ0) is 17.8. The van der Waals surface area contributed by atoms with Crippen molar-refractivity contribution < 1.29 is 4.39 Å². The highest BCUT2D eigenvalue weighted by molar-refractivity contribution is 5.87. The lowest BCUT2D eigenvalue weighted by Gasteiger charge is -2.10. The van der Waals surface area contributed by atoms with E-state index >= 15 is 0 Å². The number of hydrogen-bond acceptors (Lipinski definition) is 1. The van der Waals surface area contributed by atoms with E-state index in [4.69, 9.17) is 0 Å². The molecule has 0 atom stereocenters. The van der Waals surface area contributed by atoms with Crippen LogP contribution in [0.1, 0.15) is 18.4 Å². The average molecular weight is 344 g/mol. The van der Waals surface area contributed by atoms with Crippen LogP contribution < -0.4 is 0 Å². The van der Waals surface area contributed by atoms with E-state index in [1.165, 1.54) is 22.1 Å². The number of fused-ring (bicyclic) bond motifs is 1. The Bertz CT molecular complexity index is 1010. The molecule has 0 saturated carbocycles. The highest BCUT2D eigenvalue weighted by Crippen LogP contribution is 2.29. The van der Waals surface area contributed by atoms with Crippen LogP contribution in [0.4, 0.5) is 4.39 Å². The van der Waals surface area contributed by atoms with Crippen LogP contribution >= 0.6 is 0 Å². The molecule has 0 aliphatic heterocycles. The van der Waals surface area contributed by atoms with E-state index in [0.717, 1.165) is 24.0 Å². The summed E-state index contributed by atoms with van der Waals surface area (Å²) >= 11 is 0. The van der Waals surface area contributed by atoms with E-state index in [2.05, 4.69) is 70.3 Å². The quantitative estimate of drug-likeness (QED) is 0.393. The Balaban J connectivity index is 1.71. The van der Waals surface area contributed by atoms with E-state index in [9.17, 15) is 4.39 Å². The van der Waals surface area contributed by atoms with Crippen LogP contribution in [0, 0.1) is 0 Å². The van der Waals surface area contributed by atoms with E-state index < -0.39 is 0 Å². The third-order valence-corrected chi connectivity index (χ3v) is 4.77. The minimum atomic E-state index is -0.240. The standard InChI is InChI=1S/C23H21FN2/c24-13-4-3-7-18-6-1-2-9-22(18)19-10-11-23-20(16-19)12-15-26(23)21-8-5-14-25-17-21/h1-2,5-6,8-12,14-17H,3-4,7,13H2. The van der Waals surface area contributed by atoms with Crippen molar-refractivity contribution in [1.29, 1.82) is 0 Å². The number of nitrogens with zero attached hydrogens (tertiary/aromatic N) is 2. The van der Waals surface area contributed by atoms with Crippen LogP contribution in [0.25, 0.3) is 27.7 Å². The number of aromatic nitrogens is 2. The number of rotatable bonds is 6. The summed E-state index contributed by atoms with van der Waals surface area (Å²) in [5.74, 6) is 0.